The van der Waals surface area contributed by atoms with Crippen LogP contribution in [0.2, 0.25) is 0 Å². The second-order valence-electron chi connectivity index (χ2n) is 10.1. The zero-order valence-corrected chi connectivity index (χ0v) is 19.3. The lowest BCUT2D eigenvalue weighted by molar-refractivity contribution is -0.0488. The van der Waals surface area contributed by atoms with Gasteiger partial charge in [-0.05, 0) is 60.1 Å². The number of carbonyl (C=O) groups excluding carboxylic acids is 1. The number of carbonyl (C=O) groups is 1. The molecule has 2 saturated heterocycles. The van der Waals surface area contributed by atoms with E-state index in [0.717, 1.165) is 24.0 Å². The first-order valence-electron chi connectivity index (χ1n) is 12.2. The maximum atomic E-state index is 14.2. The Balaban J connectivity index is 1.16. The van der Waals surface area contributed by atoms with Crippen LogP contribution in [0.4, 0.5) is 13.6 Å². The molecule has 1 amide bonds. The molecule has 3 aliphatic rings. The van der Waals surface area contributed by atoms with Gasteiger partial charge in [-0.2, -0.15) is 0 Å². The second-order valence-corrected chi connectivity index (χ2v) is 10.1. The fourth-order valence-corrected chi connectivity index (χ4v) is 6.46. The second kappa shape index (κ2) is 8.45. The molecule has 1 aliphatic carbocycles. The summed E-state index contributed by atoms with van der Waals surface area (Å²) in [7, 11) is 0. The average molecular weight is 476 g/mol. The van der Waals surface area contributed by atoms with Crippen LogP contribution in [0.5, 0.6) is 0 Å². The third-order valence-electron chi connectivity index (χ3n) is 7.97. The predicted molar refractivity (Wildman–Crippen MR) is 128 cm³/mol. The van der Waals surface area contributed by atoms with Gasteiger partial charge in [0, 0.05) is 30.0 Å². The summed E-state index contributed by atoms with van der Waals surface area (Å²) < 4.78 is 34.3. The minimum atomic E-state index is -1.25. The maximum absolute atomic E-state index is 14.2. The molecule has 0 radical (unpaired) electrons. The number of benzene rings is 3. The third-order valence-corrected chi connectivity index (χ3v) is 7.97. The van der Waals surface area contributed by atoms with E-state index in [4.69, 9.17) is 4.74 Å². The molecule has 2 bridgehead atoms. The number of halogens is 2. The Hall–Kier alpha value is -3.25. The number of nitrogens with zero attached hydrogens (tertiary/aromatic N) is 1. The molecular weight excluding hydrogens is 448 g/mol. The summed E-state index contributed by atoms with van der Waals surface area (Å²) in [6, 6.07) is 19.7. The number of hydrogen-bond donors (Lipinski definition) is 1. The van der Waals surface area contributed by atoms with Crippen molar-refractivity contribution in [1.29, 1.82) is 0 Å². The van der Waals surface area contributed by atoms with E-state index in [1.54, 1.807) is 4.90 Å². The number of piperidine rings is 1. The van der Waals surface area contributed by atoms with Gasteiger partial charge in [-0.15, -0.1) is 0 Å². The summed E-state index contributed by atoms with van der Waals surface area (Å²) in [4.78, 5) is 15.0. The SMILES string of the molecule is O=C(OCC1c2ccccc2-c2ccccc21)N1C2CCC1CC(O)(Cc1c(F)cccc1F)C2. The lowest BCUT2D eigenvalue weighted by Gasteiger charge is -2.43. The molecule has 6 rings (SSSR count). The molecule has 6 heteroatoms. The average Bonchev–Trinajstić information content (AvgIpc) is 3.32. The van der Waals surface area contributed by atoms with Gasteiger partial charge in [-0.1, -0.05) is 54.6 Å². The molecule has 180 valence electrons. The van der Waals surface area contributed by atoms with Crippen molar-refractivity contribution >= 4 is 6.09 Å². The first kappa shape index (κ1) is 22.2. The van der Waals surface area contributed by atoms with Crippen molar-refractivity contribution in [2.24, 2.45) is 0 Å². The Bertz CT molecular complexity index is 1210. The summed E-state index contributed by atoms with van der Waals surface area (Å²) in [5.41, 5.74) is 3.31. The first-order chi connectivity index (χ1) is 16.9. The normalized spacial score (nSPS) is 24.8. The smallest absolute Gasteiger partial charge is 0.410 e. The molecule has 2 atom stereocenters. The van der Waals surface area contributed by atoms with Crippen LogP contribution in [0.15, 0.2) is 66.7 Å². The molecule has 2 fully saturated rings. The molecule has 2 heterocycles. The molecule has 35 heavy (non-hydrogen) atoms. The van der Waals surface area contributed by atoms with Gasteiger partial charge >= 0.3 is 6.09 Å². The Morgan fingerprint density at radius 1 is 0.886 bits per heavy atom. The molecule has 2 aliphatic heterocycles. The minimum Gasteiger partial charge on any atom is -0.448 e. The largest absolute Gasteiger partial charge is 0.448 e. The van der Waals surface area contributed by atoms with Gasteiger partial charge in [0.25, 0.3) is 0 Å². The van der Waals surface area contributed by atoms with E-state index in [9.17, 15) is 18.7 Å². The highest BCUT2D eigenvalue weighted by Crippen LogP contribution is 2.46. The quantitative estimate of drug-likeness (QED) is 0.518. The van der Waals surface area contributed by atoms with Crippen LogP contribution in [0.25, 0.3) is 11.1 Å². The lowest BCUT2D eigenvalue weighted by atomic mass is 9.81. The summed E-state index contributed by atoms with van der Waals surface area (Å²) in [6.45, 7) is 0.244. The Labute approximate surface area is 203 Å². The maximum Gasteiger partial charge on any atom is 0.410 e. The van der Waals surface area contributed by atoms with Gasteiger partial charge < -0.3 is 14.7 Å². The van der Waals surface area contributed by atoms with Gasteiger partial charge in [0.1, 0.15) is 18.2 Å². The molecule has 3 aromatic carbocycles. The minimum absolute atomic E-state index is 0.0187. The van der Waals surface area contributed by atoms with Crippen molar-refractivity contribution < 1.29 is 23.4 Å². The zero-order chi connectivity index (χ0) is 24.2. The molecule has 0 spiro atoms. The fourth-order valence-electron chi connectivity index (χ4n) is 6.46. The Morgan fingerprint density at radius 3 is 2.00 bits per heavy atom. The van der Waals surface area contributed by atoms with Crippen LogP contribution in [0, 0.1) is 11.6 Å². The highest BCUT2D eigenvalue weighted by molar-refractivity contribution is 5.79. The van der Waals surface area contributed by atoms with Gasteiger partial charge in [0.15, 0.2) is 0 Å². The summed E-state index contributed by atoms with van der Waals surface area (Å²) in [6.07, 6.45) is 1.58. The molecule has 1 N–H and O–H groups in total. The third kappa shape index (κ3) is 3.80. The van der Waals surface area contributed by atoms with Crippen molar-refractivity contribution in [2.45, 2.75) is 55.7 Å². The van der Waals surface area contributed by atoms with Crippen molar-refractivity contribution in [3.8, 4) is 11.1 Å². The molecule has 2 unspecified atom stereocenters. The summed E-state index contributed by atoms with van der Waals surface area (Å²) >= 11 is 0. The van der Waals surface area contributed by atoms with E-state index in [0.29, 0.717) is 0 Å². The molecule has 3 aromatic rings. The van der Waals surface area contributed by atoms with Crippen LogP contribution in [-0.4, -0.2) is 40.4 Å². The van der Waals surface area contributed by atoms with E-state index in [2.05, 4.69) is 24.3 Å². The summed E-state index contributed by atoms with van der Waals surface area (Å²) in [5, 5.41) is 11.3. The molecule has 0 saturated carbocycles. The number of ether oxygens (including phenoxy) is 1. The number of amides is 1. The zero-order valence-electron chi connectivity index (χ0n) is 19.3. The standard InChI is InChI=1S/C29H27F2NO3/c30-26-10-5-11-27(31)24(26)16-29(34)14-18-12-13-19(15-29)32(18)28(33)35-17-25-22-8-3-1-6-20(22)21-7-2-4-9-23(21)25/h1-11,18-19,25,34H,12-17H2. The van der Waals surface area contributed by atoms with Crippen LogP contribution in [0.3, 0.4) is 0 Å². The van der Waals surface area contributed by atoms with Crippen molar-refractivity contribution in [3.05, 3.63) is 95.1 Å². The van der Waals surface area contributed by atoms with Crippen LogP contribution in [0.1, 0.15) is 48.3 Å². The molecular formula is C29H27F2NO3. The van der Waals surface area contributed by atoms with Crippen molar-refractivity contribution in [2.75, 3.05) is 6.61 Å². The molecule has 0 aromatic heterocycles. The van der Waals surface area contributed by atoms with Gasteiger partial charge in [0.05, 0.1) is 5.60 Å². The highest BCUT2D eigenvalue weighted by Gasteiger charge is 2.50. The number of rotatable bonds is 4. The van der Waals surface area contributed by atoms with Crippen LogP contribution < -0.4 is 0 Å². The number of fused-ring (bicyclic) bond motifs is 5. The topological polar surface area (TPSA) is 49.8 Å². The van der Waals surface area contributed by atoms with Gasteiger partial charge in [-0.3, -0.25) is 0 Å². The van der Waals surface area contributed by atoms with Crippen molar-refractivity contribution in [3.63, 3.8) is 0 Å². The summed E-state index contributed by atoms with van der Waals surface area (Å²) in [5.74, 6) is -1.32. The Morgan fingerprint density at radius 2 is 1.43 bits per heavy atom. The van der Waals surface area contributed by atoms with E-state index in [-0.39, 0.29) is 55.5 Å². The molecule has 4 nitrogen and oxygen atoms in total. The van der Waals surface area contributed by atoms with E-state index >= 15 is 0 Å². The van der Waals surface area contributed by atoms with E-state index in [1.807, 2.05) is 24.3 Å². The van der Waals surface area contributed by atoms with Crippen LogP contribution >= 0.6 is 0 Å². The van der Waals surface area contributed by atoms with Gasteiger partial charge in [0.2, 0.25) is 0 Å². The highest BCUT2D eigenvalue weighted by atomic mass is 19.1. The van der Waals surface area contributed by atoms with Crippen molar-refractivity contribution in [1.82, 2.24) is 4.90 Å². The lowest BCUT2D eigenvalue weighted by Crippen LogP contribution is -2.54. The van der Waals surface area contributed by atoms with Gasteiger partial charge in [-0.25, -0.2) is 13.6 Å². The van der Waals surface area contributed by atoms with E-state index < -0.39 is 17.2 Å². The van der Waals surface area contributed by atoms with Crippen LogP contribution in [-0.2, 0) is 11.2 Å². The predicted octanol–water partition coefficient (Wildman–Crippen LogP) is 5.81. The van der Waals surface area contributed by atoms with E-state index in [1.165, 1.54) is 29.3 Å². The number of hydrogen-bond acceptors (Lipinski definition) is 3. The fraction of sp³-hybridized carbons (Fsp3) is 0.345. The number of aliphatic hydroxyl groups is 1. The Kier molecular flexibility index (Phi) is 5.37. The first-order valence-corrected chi connectivity index (χ1v) is 12.2. The monoisotopic (exact) mass is 475 g/mol.